The Morgan fingerprint density at radius 1 is 1.43 bits per heavy atom. The molecule has 0 saturated heterocycles. The largest absolute Gasteiger partial charge is 0.360 e. The third-order valence-electron chi connectivity index (χ3n) is 4.30. The number of hydrogen-bond acceptors (Lipinski definition) is 4. The SMILES string of the molecule is C=CCN1C(=S)N[C@@H](c2ccc(F)cc2F)C(C(=O)Nc2cc(C)on2)=C1C. The first-order chi connectivity index (χ1) is 13.3. The van der Waals surface area contributed by atoms with Gasteiger partial charge in [0.2, 0.25) is 0 Å². The number of anilines is 1. The number of allylic oxidation sites excluding steroid dienone is 1. The van der Waals surface area contributed by atoms with E-state index in [1.807, 2.05) is 0 Å². The van der Waals surface area contributed by atoms with Crippen molar-refractivity contribution in [2.24, 2.45) is 0 Å². The van der Waals surface area contributed by atoms with Crippen LogP contribution < -0.4 is 10.6 Å². The summed E-state index contributed by atoms with van der Waals surface area (Å²) in [5.74, 6) is -1.25. The van der Waals surface area contributed by atoms with E-state index in [1.54, 1.807) is 30.9 Å². The van der Waals surface area contributed by atoms with Crippen LogP contribution in [0.4, 0.5) is 14.6 Å². The normalized spacial score (nSPS) is 16.8. The number of aromatic nitrogens is 1. The van der Waals surface area contributed by atoms with Gasteiger partial charge in [-0.05, 0) is 32.1 Å². The summed E-state index contributed by atoms with van der Waals surface area (Å²) in [7, 11) is 0. The third kappa shape index (κ3) is 3.79. The van der Waals surface area contributed by atoms with Crippen molar-refractivity contribution >= 4 is 29.1 Å². The first kappa shape index (κ1) is 19.7. The summed E-state index contributed by atoms with van der Waals surface area (Å²) in [6.07, 6.45) is 1.63. The van der Waals surface area contributed by atoms with E-state index in [0.717, 1.165) is 12.1 Å². The maximum absolute atomic E-state index is 14.5. The zero-order chi connectivity index (χ0) is 20.4. The van der Waals surface area contributed by atoms with Gasteiger partial charge < -0.3 is 20.1 Å². The summed E-state index contributed by atoms with van der Waals surface area (Å²) in [4.78, 5) is 14.7. The van der Waals surface area contributed by atoms with Crippen molar-refractivity contribution in [3.05, 3.63) is 71.1 Å². The first-order valence-corrected chi connectivity index (χ1v) is 8.82. The fourth-order valence-corrected chi connectivity index (χ4v) is 3.33. The topological polar surface area (TPSA) is 70.4 Å². The average molecular weight is 404 g/mol. The maximum atomic E-state index is 14.5. The molecule has 6 nitrogen and oxygen atoms in total. The zero-order valence-electron chi connectivity index (χ0n) is 15.3. The number of nitrogens with zero attached hydrogens (tertiary/aromatic N) is 2. The molecular formula is C19H18F2N4O2S. The number of carbonyl (C=O) groups is 1. The van der Waals surface area contributed by atoms with E-state index in [1.165, 1.54) is 6.07 Å². The smallest absolute Gasteiger partial charge is 0.257 e. The average Bonchev–Trinajstić information content (AvgIpc) is 3.02. The predicted octanol–water partition coefficient (Wildman–Crippen LogP) is 3.59. The number of rotatable bonds is 5. The predicted molar refractivity (Wildman–Crippen MR) is 104 cm³/mol. The highest BCUT2D eigenvalue weighted by molar-refractivity contribution is 7.80. The lowest BCUT2D eigenvalue weighted by Crippen LogP contribution is -2.48. The lowest BCUT2D eigenvalue weighted by molar-refractivity contribution is -0.113. The standard InChI is InChI=1S/C19H18F2N4O2S/c1-4-7-25-11(3)16(18(26)22-15-8-10(2)27-24-15)17(23-19(25)28)13-6-5-12(20)9-14(13)21/h4-6,8-9,17H,1,7H2,2-3H3,(H,23,28)(H,22,24,26)/t17-/m0/s1. The molecule has 1 aliphatic rings. The molecule has 2 heterocycles. The Morgan fingerprint density at radius 2 is 2.18 bits per heavy atom. The molecule has 1 aromatic heterocycles. The zero-order valence-corrected chi connectivity index (χ0v) is 16.1. The van der Waals surface area contributed by atoms with Gasteiger partial charge in [0.15, 0.2) is 10.9 Å². The van der Waals surface area contributed by atoms with Crippen molar-refractivity contribution in [1.82, 2.24) is 15.4 Å². The number of hydrogen-bond donors (Lipinski definition) is 2. The Hall–Kier alpha value is -3.07. The van der Waals surface area contributed by atoms with E-state index in [2.05, 4.69) is 22.4 Å². The van der Waals surface area contributed by atoms with Gasteiger partial charge in [-0.2, -0.15) is 0 Å². The molecule has 0 bridgehead atoms. The molecule has 3 rings (SSSR count). The fraction of sp³-hybridized carbons (Fsp3) is 0.211. The van der Waals surface area contributed by atoms with Crippen LogP contribution in [0.3, 0.4) is 0 Å². The second-order valence-corrected chi connectivity index (χ2v) is 6.61. The van der Waals surface area contributed by atoms with E-state index in [9.17, 15) is 13.6 Å². The summed E-state index contributed by atoms with van der Waals surface area (Å²) in [6.45, 7) is 7.44. The van der Waals surface area contributed by atoms with E-state index in [-0.39, 0.29) is 17.0 Å². The molecule has 146 valence electrons. The van der Waals surface area contributed by atoms with E-state index < -0.39 is 23.6 Å². The monoisotopic (exact) mass is 404 g/mol. The quantitative estimate of drug-likeness (QED) is 0.586. The van der Waals surface area contributed by atoms with Crippen molar-refractivity contribution in [1.29, 1.82) is 0 Å². The van der Waals surface area contributed by atoms with E-state index >= 15 is 0 Å². The van der Waals surface area contributed by atoms with Crippen LogP contribution in [-0.4, -0.2) is 27.6 Å². The summed E-state index contributed by atoms with van der Waals surface area (Å²) >= 11 is 5.37. The van der Waals surface area contributed by atoms with Gasteiger partial charge >= 0.3 is 0 Å². The fourth-order valence-electron chi connectivity index (χ4n) is 3.00. The van der Waals surface area contributed by atoms with Crippen LogP contribution >= 0.6 is 12.2 Å². The van der Waals surface area contributed by atoms with Gasteiger partial charge in [0.1, 0.15) is 17.4 Å². The minimum Gasteiger partial charge on any atom is -0.360 e. The molecule has 28 heavy (non-hydrogen) atoms. The Balaban J connectivity index is 2.07. The number of amides is 1. The van der Waals surface area contributed by atoms with Crippen LogP contribution in [0.25, 0.3) is 0 Å². The van der Waals surface area contributed by atoms with Gasteiger partial charge in [-0.25, -0.2) is 8.78 Å². The first-order valence-electron chi connectivity index (χ1n) is 8.41. The van der Waals surface area contributed by atoms with Crippen LogP contribution in [0.5, 0.6) is 0 Å². The van der Waals surface area contributed by atoms with Crippen molar-refractivity contribution < 1.29 is 18.1 Å². The minimum atomic E-state index is -0.901. The summed E-state index contributed by atoms with van der Waals surface area (Å²) in [5.41, 5.74) is 0.847. The van der Waals surface area contributed by atoms with Gasteiger partial charge in [-0.3, -0.25) is 4.79 Å². The van der Waals surface area contributed by atoms with Crippen LogP contribution in [0.2, 0.25) is 0 Å². The van der Waals surface area contributed by atoms with Crippen LogP contribution in [-0.2, 0) is 4.79 Å². The van der Waals surface area contributed by atoms with Crippen molar-refractivity contribution in [2.75, 3.05) is 11.9 Å². The number of carbonyl (C=O) groups excluding carboxylic acids is 1. The molecule has 1 aromatic carbocycles. The highest BCUT2D eigenvalue weighted by Crippen LogP contribution is 2.33. The molecule has 2 N–H and O–H groups in total. The lowest BCUT2D eigenvalue weighted by atomic mass is 9.93. The van der Waals surface area contributed by atoms with E-state index in [4.69, 9.17) is 16.7 Å². The van der Waals surface area contributed by atoms with Gasteiger partial charge in [-0.1, -0.05) is 17.3 Å². The van der Waals surface area contributed by atoms with Crippen molar-refractivity contribution in [2.45, 2.75) is 19.9 Å². The molecule has 0 unspecified atom stereocenters. The molecule has 0 spiro atoms. The van der Waals surface area contributed by atoms with Gasteiger partial charge in [0.05, 0.1) is 11.6 Å². The third-order valence-corrected chi connectivity index (χ3v) is 4.63. The van der Waals surface area contributed by atoms with Gasteiger partial charge in [-0.15, -0.1) is 6.58 Å². The molecule has 0 radical (unpaired) electrons. The molecular weight excluding hydrogens is 386 g/mol. The second-order valence-electron chi connectivity index (χ2n) is 6.22. The molecule has 2 aromatic rings. The van der Waals surface area contributed by atoms with Gasteiger partial charge in [0.25, 0.3) is 5.91 Å². The number of halogens is 2. The molecule has 0 saturated carbocycles. The Kier molecular flexibility index (Phi) is 5.55. The highest BCUT2D eigenvalue weighted by Gasteiger charge is 2.35. The Labute approximate surface area is 165 Å². The number of nitrogens with one attached hydrogen (secondary N) is 2. The Morgan fingerprint density at radius 3 is 2.79 bits per heavy atom. The number of aryl methyl sites for hydroxylation is 1. The van der Waals surface area contributed by atoms with Crippen LogP contribution in [0.1, 0.15) is 24.3 Å². The molecule has 0 fully saturated rings. The van der Waals surface area contributed by atoms with Gasteiger partial charge in [0, 0.05) is 29.9 Å². The molecule has 1 aliphatic heterocycles. The Bertz CT molecular complexity index is 986. The maximum Gasteiger partial charge on any atom is 0.257 e. The molecule has 0 aliphatic carbocycles. The lowest BCUT2D eigenvalue weighted by Gasteiger charge is -2.37. The molecule has 9 heteroatoms. The van der Waals surface area contributed by atoms with Crippen molar-refractivity contribution in [3.8, 4) is 0 Å². The molecule has 1 atom stereocenters. The number of benzene rings is 1. The van der Waals surface area contributed by atoms with Crippen LogP contribution in [0.15, 0.2) is 52.7 Å². The highest BCUT2D eigenvalue weighted by atomic mass is 32.1. The summed E-state index contributed by atoms with van der Waals surface area (Å²) < 4.78 is 32.8. The molecule has 1 amide bonds. The minimum absolute atomic E-state index is 0.0998. The second kappa shape index (κ2) is 7.89. The van der Waals surface area contributed by atoms with Crippen LogP contribution in [0, 0.1) is 18.6 Å². The summed E-state index contributed by atoms with van der Waals surface area (Å²) in [6, 6.07) is 3.84. The summed E-state index contributed by atoms with van der Waals surface area (Å²) in [5, 5.41) is 9.65. The number of thiocarbonyl (C=S) groups is 1. The van der Waals surface area contributed by atoms with E-state index in [0.29, 0.717) is 23.1 Å². The van der Waals surface area contributed by atoms with Crippen molar-refractivity contribution in [3.63, 3.8) is 0 Å².